The van der Waals surface area contributed by atoms with Crippen molar-refractivity contribution in [3.05, 3.63) is 71.8 Å². The highest BCUT2D eigenvalue weighted by Gasteiger charge is 2.28. The molecule has 1 aliphatic rings. The number of aromatic nitrogens is 4. The first-order valence-electron chi connectivity index (χ1n) is 9.06. The van der Waals surface area contributed by atoms with Gasteiger partial charge in [-0.25, -0.2) is 4.39 Å². The highest BCUT2D eigenvalue weighted by atomic mass is 19.1. The van der Waals surface area contributed by atoms with Crippen LogP contribution in [0.25, 0.3) is 5.69 Å². The molecular weight excluding hydrogens is 345 g/mol. The molecule has 0 saturated carbocycles. The van der Waals surface area contributed by atoms with E-state index in [0.717, 1.165) is 24.4 Å². The number of nitrogens with zero attached hydrogens (tertiary/aromatic N) is 5. The molecule has 4 rings (SSSR count). The molecule has 1 atom stereocenters. The Hall–Kier alpha value is -3.09. The maximum atomic E-state index is 13.4. The Morgan fingerprint density at radius 2 is 2.00 bits per heavy atom. The van der Waals surface area contributed by atoms with Crippen LogP contribution in [0.15, 0.2) is 54.6 Å². The van der Waals surface area contributed by atoms with Crippen molar-refractivity contribution in [3.63, 3.8) is 0 Å². The first kappa shape index (κ1) is 17.3. The van der Waals surface area contributed by atoms with E-state index in [1.54, 1.807) is 16.8 Å². The third-order valence-electron chi connectivity index (χ3n) is 4.88. The summed E-state index contributed by atoms with van der Waals surface area (Å²) in [4.78, 5) is 14.5. The molecule has 6 nitrogen and oxygen atoms in total. The third kappa shape index (κ3) is 3.86. The predicted octanol–water partition coefficient (Wildman–Crippen LogP) is 2.75. The summed E-state index contributed by atoms with van der Waals surface area (Å²) in [6, 6.07) is 15.9. The summed E-state index contributed by atoms with van der Waals surface area (Å²) in [6.07, 6.45) is 2.02. The van der Waals surface area contributed by atoms with Crippen molar-refractivity contribution in [2.45, 2.75) is 25.2 Å². The molecule has 138 valence electrons. The number of likely N-dealkylation sites (tertiary alicyclic amines) is 1. The molecule has 0 radical (unpaired) electrons. The molecular formula is C20H20FN5O. The Morgan fingerprint density at radius 1 is 1.15 bits per heavy atom. The van der Waals surface area contributed by atoms with Crippen molar-refractivity contribution < 1.29 is 9.18 Å². The van der Waals surface area contributed by atoms with Gasteiger partial charge in [0.05, 0.1) is 12.1 Å². The van der Waals surface area contributed by atoms with E-state index in [4.69, 9.17) is 0 Å². The molecule has 7 heteroatoms. The summed E-state index contributed by atoms with van der Waals surface area (Å²) >= 11 is 0. The molecule has 0 aliphatic carbocycles. The maximum Gasteiger partial charge on any atom is 0.227 e. The summed E-state index contributed by atoms with van der Waals surface area (Å²) in [7, 11) is 0. The quantitative estimate of drug-likeness (QED) is 0.713. The average Bonchev–Trinajstić information content (AvgIpc) is 3.19. The summed E-state index contributed by atoms with van der Waals surface area (Å²) in [5.41, 5.74) is 1.59. The molecule has 1 amide bonds. The fourth-order valence-corrected chi connectivity index (χ4v) is 3.55. The maximum absolute atomic E-state index is 13.4. The van der Waals surface area contributed by atoms with Gasteiger partial charge in [0.1, 0.15) is 5.82 Å². The summed E-state index contributed by atoms with van der Waals surface area (Å²) in [5, 5.41) is 12.2. The Labute approximate surface area is 156 Å². The van der Waals surface area contributed by atoms with Gasteiger partial charge in [-0.1, -0.05) is 30.3 Å². The van der Waals surface area contributed by atoms with Crippen LogP contribution in [-0.4, -0.2) is 44.1 Å². The number of piperidine rings is 1. The zero-order valence-electron chi connectivity index (χ0n) is 14.8. The van der Waals surface area contributed by atoms with E-state index in [1.165, 1.54) is 12.1 Å². The number of carbonyl (C=O) groups is 1. The molecule has 2 aromatic carbocycles. The van der Waals surface area contributed by atoms with Crippen LogP contribution in [0.3, 0.4) is 0 Å². The van der Waals surface area contributed by atoms with Crippen LogP contribution >= 0.6 is 0 Å². The van der Waals surface area contributed by atoms with Gasteiger partial charge in [0, 0.05) is 19.0 Å². The molecule has 1 aromatic heterocycles. The minimum absolute atomic E-state index is 0.00374. The van der Waals surface area contributed by atoms with Crippen molar-refractivity contribution in [2.75, 3.05) is 13.1 Å². The Morgan fingerprint density at radius 3 is 2.81 bits per heavy atom. The van der Waals surface area contributed by atoms with Crippen molar-refractivity contribution in [3.8, 4) is 5.69 Å². The van der Waals surface area contributed by atoms with Gasteiger partial charge >= 0.3 is 0 Å². The van der Waals surface area contributed by atoms with Crippen LogP contribution in [0.2, 0.25) is 0 Å². The van der Waals surface area contributed by atoms with Crippen LogP contribution in [0.1, 0.15) is 30.1 Å². The Kier molecular flexibility index (Phi) is 4.91. The minimum Gasteiger partial charge on any atom is -0.342 e. The van der Waals surface area contributed by atoms with Crippen molar-refractivity contribution >= 4 is 5.91 Å². The molecule has 27 heavy (non-hydrogen) atoms. The molecule has 2 heterocycles. The lowest BCUT2D eigenvalue weighted by Crippen LogP contribution is -2.40. The van der Waals surface area contributed by atoms with Crippen molar-refractivity contribution in [1.29, 1.82) is 0 Å². The topological polar surface area (TPSA) is 63.9 Å². The average molecular weight is 365 g/mol. The molecule has 3 aromatic rings. The van der Waals surface area contributed by atoms with Crippen molar-refractivity contribution in [2.24, 2.45) is 0 Å². The van der Waals surface area contributed by atoms with Gasteiger partial charge in [-0.2, -0.15) is 4.68 Å². The molecule has 1 aliphatic heterocycles. The van der Waals surface area contributed by atoms with Crippen LogP contribution in [0, 0.1) is 5.82 Å². The number of tetrazole rings is 1. The normalized spacial score (nSPS) is 17.1. The van der Waals surface area contributed by atoms with E-state index in [9.17, 15) is 9.18 Å². The first-order valence-corrected chi connectivity index (χ1v) is 9.06. The van der Waals surface area contributed by atoms with Gasteiger partial charge in [0.15, 0.2) is 5.82 Å². The van der Waals surface area contributed by atoms with Crippen molar-refractivity contribution in [1.82, 2.24) is 25.1 Å². The standard InChI is InChI=1S/C20H20FN5O/c21-17-8-4-6-15(12-17)13-19(27)25-11-5-7-16(14-25)20-22-23-24-26(20)18-9-2-1-3-10-18/h1-4,6,8-10,12,16H,5,7,11,13-14H2. The minimum atomic E-state index is -0.321. The number of amides is 1. The van der Waals surface area contributed by atoms with Gasteiger partial charge < -0.3 is 4.90 Å². The fraction of sp³-hybridized carbons (Fsp3) is 0.300. The van der Waals surface area contributed by atoms with Crippen LogP contribution in [0.4, 0.5) is 4.39 Å². The molecule has 0 N–H and O–H groups in total. The van der Waals surface area contributed by atoms with E-state index in [0.29, 0.717) is 18.7 Å². The highest BCUT2D eigenvalue weighted by Crippen LogP contribution is 2.27. The SMILES string of the molecule is O=C(Cc1cccc(F)c1)N1CCCC(c2nnnn2-c2ccccc2)C1. The largest absolute Gasteiger partial charge is 0.342 e. The number of rotatable bonds is 4. The summed E-state index contributed by atoms with van der Waals surface area (Å²) in [6.45, 7) is 1.28. The van der Waals surface area contributed by atoms with Gasteiger partial charge in [-0.3, -0.25) is 4.79 Å². The number of para-hydroxylation sites is 1. The van der Waals surface area contributed by atoms with E-state index in [2.05, 4.69) is 15.5 Å². The number of benzene rings is 2. The number of carbonyl (C=O) groups excluding carboxylic acids is 1. The van der Waals surface area contributed by atoms with Crippen LogP contribution in [0.5, 0.6) is 0 Å². The lowest BCUT2D eigenvalue weighted by molar-refractivity contribution is -0.131. The Balaban J connectivity index is 1.49. The molecule has 0 spiro atoms. The zero-order chi connectivity index (χ0) is 18.6. The zero-order valence-corrected chi connectivity index (χ0v) is 14.8. The van der Waals surface area contributed by atoms with Crippen LogP contribution < -0.4 is 0 Å². The lowest BCUT2D eigenvalue weighted by Gasteiger charge is -2.32. The van der Waals surface area contributed by atoms with E-state index < -0.39 is 0 Å². The van der Waals surface area contributed by atoms with Gasteiger partial charge in [0.2, 0.25) is 5.91 Å². The monoisotopic (exact) mass is 365 g/mol. The highest BCUT2D eigenvalue weighted by molar-refractivity contribution is 5.79. The number of hydrogen-bond donors (Lipinski definition) is 0. The first-order chi connectivity index (χ1) is 13.2. The predicted molar refractivity (Wildman–Crippen MR) is 97.8 cm³/mol. The second-order valence-corrected chi connectivity index (χ2v) is 6.77. The smallest absolute Gasteiger partial charge is 0.227 e. The van der Waals surface area contributed by atoms with Gasteiger partial charge in [-0.05, 0) is 53.1 Å². The number of hydrogen-bond acceptors (Lipinski definition) is 4. The van der Waals surface area contributed by atoms with E-state index >= 15 is 0 Å². The van der Waals surface area contributed by atoms with Gasteiger partial charge in [-0.15, -0.1) is 5.10 Å². The molecule has 1 unspecified atom stereocenters. The summed E-state index contributed by atoms with van der Waals surface area (Å²) < 4.78 is 15.1. The summed E-state index contributed by atoms with van der Waals surface area (Å²) in [5.74, 6) is 0.526. The Bertz CT molecular complexity index is 927. The second kappa shape index (κ2) is 7.65. The van der Waals surface area contributed by atoms with E-state index in [1.807, 2.05) is 35.2 Å². The molecule has 1 saturated heterocycles. The lowest BCUT2D eigenvalue weighted by atomic mass is 9.96. The van der Waals surface area contributed by atoms with E-state index in [-0.39, 0.29) is 24.1 Å². The third-order valence-corrected chi connectivity index (χ3v) is 4.88. The molecule has 0 bridgehead atoms. The second-order valence-electron chi connectivity index (χ2n) is 6.77. The fourth-order valence-electron chi connectivity index (χ4n) is 3.55. The molecule has 1 fully saturated rings. The van der Waals surface area contributed by atoms with Crippen LogP contribution in [-0.2, 0) is 11.2 Å². The van der Waals surface area contributed by atoms with Gasteiger partial charge in [0.25, 0.3) is 0 Å². The number of halogens is 1.